The van der Waals surface area contributed by atoms with Gasteiger partial charge in [0.2, 0.25) is 0 Å². The molecule has 4 N–H and O–H groups in total. The first kappa shape index (κ1) is 12.4. The van der Waals surface area contributed by atoms with Crippen LogP contribution < -0.4 is 11.5 Å². The van der Waals surface area contributed by atoms with Crippen molar-refractivity contribution in [2.45, 2.75) is 26.2 Å². The molecule has 0 amide bonds. The predicted octanol–water partition coefficient (Wildman–Crippen LogP) is 1.74. The van der Waals surface area contributed by atoms with Gasteiger partial charge in [0.05, 0.1) is 6.61 Å². The average Bonchev–Trinajstić information content (AvgIpc) is 2.26. The number of ether oxygens (including phenoxy) is 1. The van der Waals surface area contributed by atoms with Gasteiger partial charge in [0.1, 0.15) is 0 Å². The van der Waals surface area contributed by atoms with Crippen LogP contribution in [0.3, 0.4) is 0 Å². The minimum Gasteiger partial charge on any atom is -0.466 e. The van der Waals surface area contributed by atoms with Crippen molar-refractivity contribution >= 4 is 17.3 Å². The van der Waals surface area contributed by atoms with E-state index in [1.807, 2.05) is 12.1 Å². The Morgan fingerprint density at radius 1 is 1.38 bits per heavy atom. The highest BCUT2D eigenvalue weighted by Crippen LogP contribution is 2.17. The molecule has 0 heterocycles. The van der Waals surface area contributed by atoms with Crippen LogP contribution >= 0.6 is 0 Å². The Morgan fingerprint density at radius 2 is 2.12 bits per heavy atom. The third-order valence-corrected chi connectivity index (χ3v) is 2.31. The van der Waals surface area contributed by atoms with E-state index >= 15 is 0 Å². The van der Waals surface area contributed by atoms with Crippen LogP contribution in [0.15, 0.2) is 18.2 Å². The molecule has 4 heteroatoms. The second-order valence-corrected chi connectivity index (χ2v) is 3.64. The number of esters is 1. The molecule has 0 unspecified atom stereocenters. The lowest BCUT2D eigenvalue weighted by molar-refractivity contribution is -0.143. The molecule has 4 nitrogen and oxygen atoms in total. The number of hydrogen-bond donors (Lipinski definition) is 2. The highest BCUT2D eigenvalue weighted by atomic mass is 16.5. The van der Waals surface area contributed by atoms with Gasteiger partial charge < -0.3 is 16.2 Å². The summed E-state index contributed by atoms with van der Waals surface area (Å²) < 4.78 is 4.97. The molecule has 1 aromatic rings. The molecule has 0 aliphatic carbocycles. The van der Waals surface area contributed by atoms with Crippen molar-refractivity contribution in [3.05, 3.63) is 23.8 Å². The fraction of sp³-hybridized carbons (Fsp3) is 0.417. The molecule has 0 atom stereocenters. The number of benzene rings is 1. The molecule has 88 valence electrons. The number of carbonyl (C=O) groups is 1. The zero-order valence-electron chi connectivity index (χ0n) is 9.53. The van der Waals surface area contributed by atoms with Gasteiger partial charge in [-0.15, -0.1) is 0 Å². The monoisotopic (exact) mass is 222 g/mol. The van der Waals surface area contributed by atoms with E-state index < -0.39 is 0 Å². The number of rotatable bonds is 5. The Balaban J connectivity index is 2.35. The van der Waals surface area contributed by atoms with Crippen molar-refractivity contribution in [2.75, 3.05) is 18.1 Å². The number of nitrogens with two attached hydrogens (primary N) is 2. The molecule has 0 bridgehead atoms. The molecule has 1 rings (SSSR count). The van der Waals surface area contributed by atoms with Crippen molar-refractivity contribution < 1.29 is 9.53 Å². The fourth-order valence-electron chi connectivity index (χ4n) is 1.39. The summed E-state index contributed by atoms with van der Waals surface area (Å²) in [5.74, 6) is -0.162. The topological polar surface area (TPSA) is 78.3 Å². The highest BCUT2D eigenvalue weighted by molar-refractivity contribution is 5.68. The van der Waals surface area contributed by atoms with Crippen LogP contribution in [0.25, 0.3) is 0 Å². The van der Waals surface area contributed by atoms with Crippen LogP contribution in [0.1, 0.15) is 25.3 Å². The maximum Gasteiger partial charge on any atom is 0.305 e. The molecule has 0 fully saturated rings. The lowest BCUT2D eigenvalue weighted by atomic mass is 10.1. The summed E-state index contributed by atoms with van der Waals surface area (Å²) in [6.07, 6.45) is 1.99. The summed E-state index contributed by atoms with van der Waals surface area (Å²) in [5, 5.41) is 0. The quantitative estimate of drug-likeness (QED) is 0.452. The SMILES string of the molecule is CCC(=O)OCCCc1ccc(N)cc1N. The molecule has 0 spiro atoms. The Hall–Kier alpha value is -1.71. The van der Waals surface area contributed by atoms with Gasteiger partial charge >= 0.3 is 5.97 Å². The Labute approximate surface area is 95.6 Å². The van der Waals surface area contributed by atoms with Gasteiger partial charge in [-0.1, -0.05) is 13.0 Å². The van der Waals surface area contributed by atoms with E-state index in [2.05, 4.69) is 0 Å². The molecular weight excluding hydrogens is 204 g/mol. The number of anilines is 2. The summed E-state index contributed by atoms with van der Waals surface area (Å²) in [4.78, 5) is 10.9. The molecule has 0 saturated heterocycles. The third-order valence-electron chi connectivity index (χ3n) is 2.31. The third kappa shape index (κ3) is 3.81. The maximum absolute atomic E-state index is 10.9. The van der Waals surface area contributed by atoms with Gasteiger partial charge in [0, 0.05) is 17.8 Å². The lowest BCUT2D eigenvalue weighted by Gasteiger charge is -2.07. The zero-order chi connectivity index (χ0) is 12.0. The van der Waals surface area contributed by atoms with Crippen LogP contribution in [-0.4, -0.2) is 12.6 Å². The van der Waals surface area contributed by atoms with Crippen molar-refractivity contribution in [1.29, 1.82) is 0 Å². The molecule has 1 aromatic carbocycles. The van der Waals surface area contributed by atoms with Gasteiger partial charge in [-0.25, -0.2) is 0 Å². The van der Waals surface area contributed by atoms with Crippen molar-refractivity contribution in [3.63, 3.8) is 0 Å². The fourth-order valence-corrected chi connectivity index (χ4v) is 1.39. The average molecular weight is 222 g/mol. The first-order valence-corrected chi connectivity index (χ1v) is 5.43. The van der Waals surface area contributed by atoms with Crippen LogP contribution in [0.5, 0.6) is 0 Å². The largest absolute Gasteiger partial charge is 0.466 e. The number of hydrogen-bond acceptors (Lipinski definition) is 4. The van der Waals surface area contributed by atoms with Crippen LogP contribution in [0, 0.1) is 0 Å². The minimum absolute atomic E-state index is 0.162. The molecule has 0 aliphatic heterocycles. The first-order valence-electron chi connectivity index (χ1n) is 5.43. The summed E-state index contributed by atoms with van der Waals surface area (Å²) in [6, 6.07) is 5.48. The lowest BCUT2D eigenvalue weighted by Crippen LogP contribution is -2.05. The van der Waals surface area contributed by atoms with Crippen molar-refractivity contribution in [1.82, 2.24) is 0 Å². The van der Waals surface area contributed by atoms with Crippen LogP contribution in [-0.2, 0) is 16.0 Å². The standard InChI is InChI=1S/C12H18N2O2/c1-2-12(15)16-7-3-4-9-5-6-10(13)8-11(9)14/h5-6,8H,2-4,7,13-14H2,1H3. The van der Waals surface area contributed by atoms with E-state index in [1.165, 1.54) is 0 Å². The Morgan fingerprint density at radius 3 is 2.75 bits per heavy atom. The van der Waals surface area contributed by atoms with E-state index in [-0.39, 0.29) is 5.97 Å². The number of aryl methyl sites for hydroxylation is 1. The van der Waals surface area contributed by atoms with Crippen molar-refractivity contribution in [3.8, 4) is 0 Å². The van der Waals surface area contributed by atoms with E-state index in [1.54, 1.807) is 13.0 Å². The highest BCUT2D eigenvalue weighted by Gasteiger charge is 2.01. The molecule has 0 radical (unpaired) electrons. The zero-order valence-corrected chi connectivity index (χ0v) is 9.53. The maximum atomic E-state index is 10.9. The van der Waals surface area contributed by atoms with Crippen LogP contribution in [0.4, 0.5) is 11.4 Å². The van der Waals surface area contributed by atoms with Gasteiger partial charge in [-0.2, -0.15) is 0 Å². The summed E-state index contributed by atoms with van der Waals surface area (Å²) in [5.41, 5.74) is 13.8. The molecule has 0 saturated carbocycles. The number of nitrogen functional groups attached to an aromatic ring is 2. The first-order chi connectivity index (χ1) is 7.63. The van der Waals surface area contributed by atoms with Gasteiger partial charge in [-0.3, -0.25) is 4.79 Å². The van der Waals surface area contributed by atoms with E-state index in [0.717, 1.165) is 18.4 Å². The smallest absolute Gasteiger partial charge is 0.305 e. The number of carbonyl (C=O) groups excluding carboxylic acids is 1. The van der Waals surface area contributed by atoms with Crippen molar-refractivity contribution in [2.24, 2.45) is 0 Å². The normalized spacial score (nSPS) is 10.1. The predicted molar refractivity (Wildman–Crippen MR) is 64.8 cm³/mol. The molecule has 0 aliphatic rings. The Bertz CT molecular complexity index is 364. The van der Waals surface area contributed by atoms with Gasteiger partial charge in [0.25, 0.3) is 0 Å². The van der Waals surface area contributed by atoms with E-state index in [0.29, 0.717) is 24.4 Å². The second kappa shape index (κ2) is 6.00. The van der Waals surface area contributed by atoms with Crippen LogP contribution in [0.2, 0.25) is 0 Å². The second-order valence-electron chi connectivity index (χ2n) is 3.64. The van der Waals surface area contributed by atoms with E-state index in [4.69, 9.17) is 16.2 Å². The van der Waals surface area contributed by atoms with E-state index in [9.17, 15) is 4.79 Å². The minimum atomic E-state index is -0.162. The molecule has 0 aromatic heterocycles. The Kier molecular flexibility index (Phi) is 4.64. The van der Waals surface area contributed by atoms with Gasteiger partial charge in [0.15, 0.2) is 0 Å². The van der Waals surface area contributed by atoms with Gasteiger partial charge in [-0.05, 0) is 30.5 Å². The summed E-state index contributed by atoms with van der Waals surface area (Å²) >= 11 is 0. The summed E-state index contributed by atoms with van der Waals surface area (Å²) in [7, 11) is 0. The summed E-state index contributed by atoms with van der Waals surface area (Å²) in [6.45, 7) is 2.22. The molecule has 16 heavy (non-hydrogen) atoms. The molecular formula is C12H18N2O2.